The second kappa shape index (κ2) is 11.7. The molecule has 0 bridgehead atoms. The van der Waals surface area contributed by atoms with Crippen molar-refractivity contribution in [3.05, 3.63) is 42.0 Å². The van der Waals surface area contributed by atoms with Crippen LogP contribution in [0.4, 0.5) is 10.5 Å². The van der Waals surface area contributed by atoms with Crippen molar-refractivity contribution in [2.24, 2.45) is 5.16 Å². The van der Waals surface area contributed by atoms with Gasteiger partial charge in [-0.3, -0.25) is 4.79 Å². The van der Waals surface area contributed by atoms with Gasteiger partial charge in [0.1, 0.15) is 6.54 Å². The summed E-state index contributed by atoms with van der Waals surface area (Å²) in [5.74, 6) is -0.453. The first-order valence-electron chi connectivity index (χ1n) is 8.69. The fourth-order valence-electron chi connectivity index (χ4n) is 2.25. The number of hydrogen-bond acceptors (Lipinski definition) is 5. The Hall–Kier alpha value is -2.83. The summed E-state index contributed by atoms with van der Waals surface area (Å²) in [6.45, 7) is 6.01. The number of anilines is 1. The van der Waals surface area contributed by atoms with Crippen molar-refractivity contribution in [2.75, 3.05) is 25.0 Å². The number of nitrogens with one attached hydrogen (secondary N) is 1. The maximum absolute atomic E-state index is 12.4. The molecule has 0 saturated carbocycles. The molecule has 0 aliphatic heterocycles. The zero-order valence-corrected chi connectivity index (χ0v) is 15.6. The van der Waals surface area contributed by atoms with Crippen LogP contribution >= 0.6 is 0 Å². The lowest BCUT2D eigenvalue weighted by molar-refractivity contribution is -0.143. The Morgan fingerprint density at radius 2 is 1.96 bits per heavy atom. The summed E-state index contributed by atoms with van der Waals surface area (Å²) in [4.78, 5) is 25.5. The highest BCUT2D eigenvalue weighted by atomic mass is 16.5. The molecule has 0 radical (unpaired) electrons. The van der Waals surface area contributed by atoms with E-state index in [0.717, 1.165) is 12.0 Å². The molecule has 0 aliphatic rings. The van der Waals surface area contributed by atoms with Crippen molar-refractivity contribution in [1.82, 2.24) is 4.90 Å². The third-order valence-electron chi connectivity index (χ3n) is 3.55. The fraction of sp³-hybridized carbons (Fsp3) is 0.421. The molecule has 2 amide bonds. The summed E-state index contributed by atoms with van der Waals surface area (Å²) in [5.41, 5.74) is 1.98. The monoisotopic (exact) mass is 361 g/mol. The molecule has 0 unspecified atom stereocenters. The largest absolute Gasteiger partial charge is 0.465 e. The number of rotatable bonds is 9. The number of carbonyl (C=O) groups excluding carboxylic acids is 2. The van der Waals surface area contributed by atoms with E-state index >= 15 is 0 Å². The average Bonchev–Trinajstić information content (AvgIpc) is 2.64. The van der Waals surface area contributed by atoms with Crippen LogP contribution in [-0.4, -0.2) is 47.5 Å². The number of carbonyl (C=O) groups is 2. The standard InChI is InChI=1S/C19H27N3O4/c1-4-7-13-22(14-18(23)26-6-3)19(24)20-16-11-9-15(10-12-16)17(21-25)8-5-2/h4,7,9-12,25H,5-6,8,13-14H2,1-3H3,(H,20,24)/b7-4+,21-17-. The summed E-state index contributed by atoms with van der Waals surface area (Å²) < 4.78 is 4.91. The van der Waals surface area contributed by atoms with Gasteiger partial charge >= 0.3 is 12.0 Å². The van der Waals surface area contributed by atoms with Crippen LogP contribution in [0.25, 0.3) is 0 Å². The third-order valence-corrected chi connectivity index (χ3v) is 3.55. The maximum atomic E-state index is 12.4. The van der Waals surface area contributed by atoms with Crippen LogP contribution in [0.15, 0.2) is 41.6 Å². The molecule has 0 atom stereocenters. The number of ether oxygens (including phenoxy) is 1. The second-order valence-electron chi connectivity index (χ2n) is 5.56. The Morgan fingerprint density at radius 1 is 1.27 bits per heavy atom. The molecule has 0 spiro atoms. The molecule has 0 heterocycles. The first-order valence-corrected chi connectivity index (χ1v) is 8.69. The van der Waals surface area contributed by atoms with Gasteiger partial charge < -0.3 is 20.2 Å². The van der Waals surface area contributed by atoms with Crippen molar-refractivity contribution in [1.29, 1.82) is 0 Å². The quantitative estimate of drug-likeness (QED) is 0.231. The summed E-state index contributed by atoms with van der Waals surface area (Å²) in [7, 11) is 0. The van der Waals surface area contributed by atoms with E-state index in [1.807, 2.05) is 19.9 Å². The lowest BCUT2D eigenvalue weighted by Gasteiger charge is -2.20. The van der Waals surface area contributed by atoms with E-state index in [0.29, 0.717) is 24.4 Å². The smallest absolute Gasteiger partial charge is 0.325 e. The third kappa shape index (κ3) is 6.96. The van der Waals surface area contributed by atoms with Gasteiger partial charge in [-0.05, 0) is 38.0 Å². The van der Waals surface area contributed by atoms with E-state index in [-0.39, 0.29) is 13.2 Å². The number of nitrogens with zero attached hydrogens (tertiary/aromatic N) is 2. The Morgan fingerprint density at radius 3 is 2.50 bits per heavy atom. The highest BCUT2D eigenvalue weighted by Gasteiger charge is 2.17. The molecule has 26 heavy (non-hydrogen) atoms. The first kappa shape index (κ1) is 21.2. The summed E-state index contributed by atoms with van der Waals surface area (Å²) in [5, 5.41) is 15.1. The van der Waals surface area contributed by atoms with Gasteiger partial charge in [-0.2, -0.15) is 0 Å². The Labute approximate surface area is 154 Å². The van der Waals surface area contributed by atoms with Crippen LogP contribution in [0, 0.1) is 0 Å². The maximum Gasteiger partial charge on any atom is 0.325 e. The van der Waals surface area contributed by atoms with Crippen molar-refractivity contribution >= 4 is 23.4 Å². The van der Waals surface area contributed by atoms with Crippen molar-refractivity contribution < 1.29 is 19.5 Å². The number of oxime groups is 1. The molecule has 1 aromatic carbocycles. The molecule has 142 valence electrons. The lowest BCUT2D eigenvalue weighted by atomic mass is 10.1. The molecule has 7 nitrogen and oxygen atoms in total. The van der Waals surface area contributed by atoms with Crippen LogP contribution in [-0.2, 0) is 9.53 Å². The van der Waals surface area contributed by atoms with E-state index in [4.69, 9.17) is 9.94 Å². The van der Waals surface area contributed by atoms with Crippen molar-refractivity contribution in [3.8, 4) is 0 Å². The van der Waals surface area contributed by atoms with E-state index in [1.54, 1.807) is 37.3 Å². The second-order valence-corrected chi connectivity index (χ2v) is 5.56. The number of esters is 1. The van der Waals surface area contributed by atoms with Gasteiger partial charge in [0.25, 0.3) is 0 Å². The number of benzene rings is 1. The van der Waals surface area contributed by atoms with Gasteiger partial charge in [0, 0.05) is 12.2 Å². The Bertz CT molecular complexity index is 639. The van der Waals surface area contributed by atoms with Gasteiger partial charge in [0.2, 0.25) is 0 Å². The van der Waals surface area contributed by atoms with E-state index in [9.17, 15) is 9.59 Å². The molecular weight excluding hydrogens is 334 g/mol. The number of amides is 2. The molecule has 7 heteroatoms. The minimum Gasteiger partial charge on any atom is -0.465 e. The zero-order valence-electron chi connectivity index (χ0n) is 15.6. The van der Waals surface area contributed by atoms with Gasteiger partial charge in [-0.1, -0.05) is 42.8 Å². The van der Waals surface area contributed by atoms with Crippen LogP contribution in [0.3, 0.4) is 0 Å². The minimum absolute atomic E-state index is 0.125. The Balaban J connectivity index is 2.79. The number of allylic oxidation sites excluding steroid dienone is 1. The molecule has 1 rings (SSSR count). The molecule has 2 N–H and O–H groups in total. The number of urea groups is 1. The summed E-state index contributed by atoms with van der Waals surface area (Å²) in [6, 6.07) is 6.62. The molecule has 1 aromatic rings. The SMILES string of the molecule is C/C=C/CN(CC(=O)OCC)C(=O)Nc1ccc(/C(CCC)=N\O)cc1. The van der Waals surface area contributed by atoms with Gasteiger partial charge in [0.15, 0.2) is 0 Å². The van der Waals surface area contributed by atoms with Crippen molar-refractivity contribution in [3.63, 3.8) is 0 Å². The highest BCUT2D eigenvalue weighted by molar-refractivity contribution is 6.00. The number of hydrogen-bond donors (Lipinski definition) is 2. The minimum atomic E-state index is -0.453. The van der Waals surface area contributed by atoms with Gasteiger partial charge in [-0.15, -0.1) is 0 Å². The van der Waals surface area contributed by atoms with Crippen LogP contribution < -0.4 is 5.32 Å². The average molecular weight is 361 g/mol. The molecule has 0 saturated heterocycles. The molecule has 0 aromatic heterocycles. The summed E-state index contributed by atoms with van der Waals surface area (Å²) >= 11 is 0. The topological polar surface area (TPSA) is 91.2 Å². The molecule has 0 fully saturated rings. The van der Waals surface area contributed by atoms with E-state index in [1.165, 1.54) is 4.90 Å². The fourth-order valence-corrected chi connectivity index (χ4v) is 2.25. The van der Waals surface area contributed by atoms with Crippen LogP contribution in [0.1, 0.15) is 39.2 Å². The predicted octanol–water partition coefficient (Wildman–Crippen LogP) is 3.64. The van der Waals surface area contributed by atoms with Gasteiger partial charge in [-0.25, -0.2) is 4.79 Å². The van der Waals surface area contributed by atoms with E-state index < -0.39 is 12.0 Å². The molecule has 0 aliphatic carbocycles. The highest BCUT2D eigenvalue weighted by Crippen LogP contribution is 2.13. The predicted molar refractivity (Wildman–Crippen MR) is 102 cm³/mol. The first-order chi connectivity index (χ1) is 12.5. The van der Waals surface area contributed by atoms with Crippen LogP contribution in [0.5, 0.6) is 0 Å². The van der Waals surface area contributed by atoms with Gasteiger partial charge in [0.05, 0.1) is 12.3 Å². The van der Waals surface area contributed by atoms with Crippen molar-refractivity contribution in [2.45, 2.75) is 33.6 Å². The van der Waals surface area contributed by atoms with E-state index in [2.05, 4.69) is 10.5 Å². The molecular formula is C19H27N3O4. The zero-order chi connectivity index (χ0) is 19.4. The lowest BCUT2D eigenvalue weighted by Crippen LogP contribution is -2.39. The summed E-state index contributed by atoms with van der Waals surface area (Å²) in [6.07, 6.45) is 5.13. The van der Waals surface area contributed by atoms with Crippen LogP contribution in [0.2, 0.25) is 0 Å². The normalized spacial score (nSPS) is 11.4. The Kier molecular flexibility index (Phi) is 9.53.